The van der Waals surface area contributed by atoms with Gasteiger partial charge in [-0.05, 0) is 24.7 Å². The average Bonchev–Trinajstić information content (AvgIpc) is 3.41. The van der Waals surface area contributed by atoms with Gasteiger partial charge in [-0.2, -0.15) is 18.3 Å². The lowest BCUT2D eigenvalue weighted by Gasteiger charge is -2.17. The predicted molar refractivity (Wildman–Crippen MR) is 113 cm³/mol. The van der Waals surface area contributed by atoms with Crippen molar-refractivity contribution in [3.8, 4) is 0 Å². The summed E-state index contributed by atoms with van der Waals surface area (Å²) in [6, 6.07) is 2.17. The number of hydrogen-bond donors (Lipinski definition) is 3. The summed E-state index contributed by atoms with van der Waals surface area (Å²) in [5.74, 6) is -5.73. The molecule has 35 heavy (non-hydrogen) atoms. The first kappa shape index (κ1) is 25.3. The van der Waals surface area contributed by atoms with Gasteiger partial charge in [-0.25, -0.2) is 17.8 Å². The summed E-state index contributed by atoms with van der Waals surface area (Å²) in [5, 5.41) is 15.8. The second-order valence-corrected chi connectivity index (χ2v) is 11.6. The molecule has 3 N–H and O–H groups in total. The Morgan fingerprint density at radius 3 is 2.54 bits per heavy atom. The average molecular weight is 523 g/mol. The van der Waals surface area contributed by atoms with E-state index in [0.29, 0.717) is 17.6 Å². The Morgan fingerprint density at radius 1 is 1.37 bits per heavy atom. The Balaban J connectivity index is 1.76. The zero-order chi connectivity index (χ0) is 25.9. The molecule has 2 aromatic heterocycles. The SMILES string of the molecule is CC1CC(F)(F)CC1Cn1nc(C2CC2)c(C(F)(F)F)c1C(=O)Nc1cc[n+](O)c(S(C)(=N)=O)c1. The summed E-state index contributed by atoms with van der Waals surface area (Å²) < 4.78 is 91.3. The molecule has 8 nitrogen and oxygen atoms in total. The summed E-state index contributed by atoms with van der Waals surface area (Å²) in [6.07, 6.45) is -2.84. The Kier molecular flexibility index (Phi) is 6.09. The van der Waals surface area contributed by atoms with E-state index in [4.69, 9.17) is 4.78 Å². The van der Waals surface area contributed by atoms with E-state index in [-0.39, 0.29) is 29.4 Å². The lowest BCUT2D eigenvalue weighted by molar-refractivity contribution is -0.932. The van der Waals surface area contributed by atoms with Gasteiger partial charge in [-0.15, -0.1) is 0 Å². The second kappa shape index (κ2) is 8.42. The Labute approximate surface area is 198 Å². The number of nitrogens with one attached hydrogen (secondary N) is 2. The van der Waals surface area contributed by atoms with Crippen LogP contribution in [-0.4, -0.2) is 37.3 Å². The smallest absolute Gasteiger partial charge is 0.320 e. The van der Waals surface area contributed by atoms with Crippen LogP contribution in [0.4, 0.5) is 27.6 Å². The monoisotopic (exact) mass is 522 g/mol. The number of aromatic nitrogens is 3. The molecule has 3 atom stereocenters. The Hall–Kier alpha value is -2.77. The van der Waals surface area contributed by atoms with Crippen LogP contribution in [0, 0.1) is 16.6 Å². The predicted octanol–water partition coefficient (Wildman–Crippen LogP) is 4.27. The molecule has 0 radical (unpaired) electrons. The standard InChI is InChI=1S/C21H24F5N5O3S/c1-11-8-20(22,23)9-13(11)10-30-18(16(21(24,25)26)17(29-30)12-3-4-12)19(32)28-14-5-6-31(33)15(7-14)35(2,27)34/h5-7,11-13,27,33H,3-4,8-10H2,1-2H3/p+1. The first-order valence-electron chi connectivity index (χ1n) is 10.9. The van der Waals surface area contributed by atoms with Crippen molar-refractivity contribution in [3.05, 3.63) is 35.3 Å². The molecule has 0 bridgehead atoms. The van der Waals surface area contributed by atoms with Crippen molar-refractivity contribution < 1.29 is 40.9 Å². The van der Waals surface area contributed by atoms with Crippen LogP contribution in [0.5, 0.6) is 0 Å². The highest BCUT2D eigenvalue weighted by Crippen LogP contribution is 2.48. The van der Waals surface area contributed by atoms with Gasteiger partial charge in [-0.3, -0.25) is 14.7 Å². The third-order valence-corrected chi connectivity index (χ3v) is 7.50. The van der Waals surface area contributed by atoms with Crippen molar-refractivity contribution in [1.29, 1.82) is 4.78 Å². The van der Waals surface area contributed by atoms with E-state index in [9.17, 15) is 36.2 Å². The third kappa shape index (κ3) is 5.26. The first-order chi connectivity index (χ1) is 16.1. The van der Waals surface area contributed by atoms with E-state index in [0.717, 1.165) is 29.3 Å². The van der Waals surface area contributed by atoms with E-state index in [2.05, 4.69) is 10.4 Å². The number of alkyl halides is 5. The third-order valence-electron chi connectivity index (χ3n) is 6.39. The van der Waals surface area contributed by atoms with Crippen LogP contribution < -0.4 is 10.0 Å². The second-order valence-electron chi connectivity index (χ2n) is 9.46. The Bertz CT molecular complexity index is 1270. The van der Waals surface area contributed by atoms with Crippen molar-refractivity contribution in [2.24, 2.45) is 11.8 Å². The van der Waals surface area contributed by atoms with Gasteiger partial charge < -0.3 is 5.32 Å². The number of carbonyl (C=O) groups is 1. The van der Waals surface area contributed by atoms with Crippen molar-refractivity contribution >= 4 is 21.3 Å². The maximum atomic E-state index is 14.1. The first-order valence-corrected chi connectivity index (χ1v) is 12.9. The minimum Gasteiger partial charge on any atom is -0.320 e. The molecule has 2 aromatic rings. The highest BCUT2D eigenvalue weighted by molar-refractivity contribution is 7.91. The van der Waals surface area contributed by atoms with Crippen LogP contribution in [0.15, 0.2) is 23.4 Å². The van der Waals surface area contributed by atoms with Crippen LogP contribution in [0.1, 0.15) is 60.3 Å². The molecule has 0 spiro atoms. The van der Waals surface area contributed by atoms with Gasteiger partial charge in [0, 0.05) is 48.4 Å². The molecule has 2 heterocycles. The molecule has 4 rings (SSSR count). The van der Waals surface area contributed by atoms with Crippen LogP contribution in [0.2, 0.25) is 0 Å². The van der Waals surface area contributed by atoms with E-state index < -0.39 is 63.2 Å². The van der Waals surface area contributed by atoms with Gasteiger partial charge in [0.25, 0.3) is 5.91 Å². The quantitative estimate of drug-likeness (QED) is 0.299. The number of anilines is 1. The van der Waals surface area contributed by atoms with Crippen molar-refractivity contribution in [1.82, 2.24) is 9.78 Å². The van der Waals surface area contributed by atoms with E-state index in [1.165, 1.54) is 0 Å². The van der Waals surface area contributed by atoms with E-state index in [1.807, 2.05) is 0 Å². The van der Waals surface area contributed by atoms with E-state index >= 15 is 0 Å². The number of rotatable bonds is 6. The molecule has 0 aliphatic heterocycles. The largest absolute Gasteiger partial charge is 0.420 e. The molecule has 192 valence electrons. The normalized spacial score (nSPS) is 23.7. The summed E-state index contributed by atoms with van der Waals surface area (Å²) in [7, 11) is -3.43. The molecule has 2 fully saturated rings. The molecular formula is C21H25F5N5O3S+. The zero-order valence-corrected chi connectivity index (χ0v) is 19.7. The highest BCUT2D eigenvalue weighted by atomic mass is 32.2. The highest BCUT2D eigenvalue weighted by Gasteiger charge is 2.48. The molecule has 2 saturated carbocycles. The van der Waals surface area contributed by atoms with Crippen molar-refractivity contribution in [2.75, 3.05) is 11.6 Å². The van der Waals surface area contributed by atoms with Gasteiger partial charge in [0.1, 0.15) is 21.0 Å². The fourth-order valence-corrected chi connectivity index (χ4v) is 5.34. The Morgan fingerprint density at radius 2 is 2.03 bits per heavy atom. The molecule has 1 amide bonds. The van der Waals surface area contributed by atoms with Crippen LogP contribution in [0.25, 0.3) is 0 Å². The van der Waals surface area contributed by atoms with Crippen molar-refractivity contribution in [2.45, 2.75) is 62.2 Å². The van der Waals surface area contributed by atoms with Crippen molar-refractivity contribution in [3.63, 3.8) is 0 Å². The number of nitrogens with zero attached hydrogens (tertiary/aromatic N) is 3. The van der Waals surface area contributed by atoms with E-state index in [1.54, 1.807) is 6.92 Å². The van der Waals surface area contributed by atoms with Crippen LogP contribution >= 0.6 is 0 Å². The number of hydrogen-bond acceptors (Lipinski definition) is 5. The number of halogens is 5. The van der Waals surface area contributed by atoms with Gasteiger partial charge >= 0.3 is 11.2 Å². The molecule has 2 aliphatic carbocycles. The minimum atomic E-state index is -4.91. The fraction of sp³-hybridized carbons (Fsp3) is 0.571. The summed E-state index contributed by atoms with van der Waals surface area (Å²) >= 11 is 0. The number of pyridine rings is 1. The zero-order valence-electron chi connectivity index (χ0n) is 18.9. The molecule has 14 heteroatoms. The van der Waals surface area contributed by atoms with Crippen LogP contribution in [-0.2, 0) is 22.5 Å². The van der Waals surface area contributed by atoms with Gasteiger partial charge in [0.05, 0.1) is 11.4 Å². The number of amides is 1. The molecule has 0 saturated heterocycles. The fourth-order valence-electron chi connectivity index (χ4n) is 4.57. The molecular weight excluding hydrogens is 497 g/mol. The molecule has 2 aliphatic rings. The van der Waals surface area contributed by atoms with Crippen LogP contribution in [0.3, 0.4) is 0 Å². The lowest BCUT2D eigenvalue weighted by Crippen LogP contribution is -2.36. The maximum Gasteiger partial charge on any atom is 0.420 e. The lowest BCUT2D eigenvalue weighted by atomic mass is 9.98. The minimum absolute atomic E-state index is 0.105. The summed E-state index contributed by atoms with van der Waals surface area (Å²) in [5.41, 5.74) is -2.35. The summed E-state index contributed by atoms with van der Waals surface area (Å²) in [6.45, 7) is 1.32. The number of carbonyl (C=O) groups excluding carboxylic acids is 1. The maximum absolute atomic E-state index is 14.1. The molecule has 3 unspecified atom stereocenters. The molecule has 0 aromatic carbocycles. The van der Waals surface area contributed by atoms with Gasteiger partial charge in [0.2, 0.25) is 12.1 Å². The topological polar surface area (TPSA) is 112 Å². The van der Waals surface area contributed by atoms with Gasteiger partial charge in [0.15, 0.2) is 0 Å². The van der Waals surface area contributed by atoms with Gasteiger partial charge in [-0.1, -0.05) is 6.92 Å². The summed E-state index contributed by atoms with van der Waals surface area (Å²) in [4.78, 5) is 13.2.